The van der Waals surface area contributed by atoms with Crippen LogP contribution in [-0.2, 0) is 16.1 Å². The van der Waals surface area contributed by atoms with Crippen LogP contribution >= 0.6 is 0 Å². The molecule has 0 unspecified atom stereocenters. The Morgan fingerprint density at radius 3 is 2.50 bits per heavy atom. The topological polar surface area (TPSA) is 79.9 Å². The molecule has 0 aliphatic carbocycles. The number of para-hydroxylation sites is 1. The number of urea groups is 1. The summed E-state index contributed by atoms with van der Waals surface area (Å²) >= 11 is 0. The van der Waals surface area contributed by atoms with Gasteiger partial charge < -0.3 is 25.0 Å². The molecule has 0 radical (unpaired) electrons. The van der Waals surface area contributed by atoms with Crippen LogP contribution in [0.3, 0.4) is 0 Å². The predicted octanol–water partition coefficient (Wildman–Crippen LogP) is 2.49. The molecule has 0 spiro atoms. The zero-order chi connectivity index (χ0) is 21.3. The van der Waals surface area contributed by atoms with Gasteiger partial charge in [-0.3, -0.25) is 4.79 Å². The van der Waals surface area contributed by atoms with E-state index in [1.165, 1.54) is 5.56 Å². The molecule has 2 aromatic rings. The molecule has 160 valence electrons. The van der Waals surface area contributed by atoms with Crippen molar-refractivity contribution in [2.24, 2.45) is 0 Å². The second kappa shape index (κ2) is 10.6. The van der Waals surface area contributed by atoms with Crippen molar-refractivity contribution in [2.75, 3.05) is 26.8 Å². The average molecular weight is 412 g/mol. The number of benzene rings is 2. The maximum absolute atomic E-state index is 12.9. The predicted molar refractivity (Wildman–Crippen MR) is 114 cm³/mol. The Kier molecular flexibility index (Phi) is 7.68. The first kappa shape index (κ1) is 21.6. The smallest absolute Gasteiger partial charge is 0.318 e. The van der Waals surface area contributed by atoms with E-state index in [-0.39, 0.29) is 18.0 Å². The summed E-state index contributed by atoms with van der Waals surface area (Å²) < 4.78 is 11.0. The highest BCUT2D eigenvalue weighted by Crippen LogP contribution is 2.23. The summed E-state index contributed by atoms with van der Waals surface area (Å²) in [6.07, 6.45) is 0.182. The number of hydrogen-bond donors (Lipinski definition) is 2. The van der Waals surface area contributed by atoms with Crippen molar-refractivity contribution in [1.29, 1.82) is 0 Å². The van der Waals surface area contributed by atoms with Crippen LogP contribution in [0.25, 0.3) is 0 Å². The molecule has 30 heavy (non-hydrogen) atoms. The Hall–Kier alpha value is -3.06. The molecule has 0 aromatic heterocycles. The van der Waals surface area contributed by atoms with Crippen molar-refractivity contribution in [1.82, 2.24) is 15.5 Å². The molecular formula is C23H29N3O4. The van der Waals surface area contributed by atoms with Crippen LogP contribution in [0.2, 0.25) is 0 Å². The van der Waals surface area contributed by atoms with Gasteiger partial charge in [-0.2, -0.15) is 0 Å². The van der Waals surface area contributed by atoms with Gasteiger partial charge in [0.25, 0.3) is 0 Å². The number of carbonyl (C=O) groups is 2. The van der Waals surface area contributed by atoms with Crippen molar-refractivity contribution in [3.8, 4) is 5.75 Å². The largest absolute Gasteiger partial charge is 0.488 e. The standard InChI is InChI=1S/C23H29N3O4/c1-17-8-10-18(11-9-17)15-25-23(28)26-16-20(30-19-6-4-3-5-7-19)14-21(26)22(27)24-12-13-29-2/h3-11,20-21H,12-16H2,1-2H3,(H,24,27)(H,25,28)/t20-,21-/m0/s1. The quantitative estimate of drug-likeness (QED) is 0.654. The number of nitrogens with one attached hydrogen (secondary N) is 2. The molecule has 1 aliphatic heterocycles. The van der Waals surface area contributed by atoms with E-state index in [1.54, 1.807) is 12.0 Å². The fourth-order valence-corrected chi connectivity index (χ4v) is 3.43. The van der Waals surface area contributed by atoms with Gasteiger partial charge in [0.1, 0.15) is 17.9 Å². The molecule has 1 heterocycles. The van der Waals surface area contributed by atoms with E-state index in [4.69, 9.17) is 9.47 Å². The lowest BCUT2D eigenvalue weighted by atomic mass is 10.1. The molecule has 2 N–H and O–H groups in total. The lowest BCUT2D eigenvalue weighted by Gasteiger charge is -2.24. The van der Waals surface area contributed by atoms with Crippen molar-refractivity contribution in [3.05, 3.63) is 65.7 Å². The van der Waals surface area contributed by atoms with Gasteiger partial charge in [0.05, 0.1) is 13.2 Å². The Bertz CT molecular complexity index is 826. The highest BCUT2D eigenvalue weighted by atomic mass is 16.5. The minimum absolute atomic E-state index is 0.198. The number of amides is 3. The number of nitrogens with zero attached hydrogens (tertiary/aromatic N) is 1. The van der Waals surface area contributed by atoms with E-state index in [9.17, 15) is 9.59 Å². The fourth-order valence-electron chi connectivity index (χ4n) is 3.43. The molecule has 0 bridgehead atoms. The Morgan fingerprint density at radius 2 is 1.80 bits per heavy atom. The van der Waals surface area contributed by atoms with Crippen LogP contribution < -0.4 is 15.4 Å². The number of hydrogen-bond acceptors (Lipinski definition) is 4. The molecule has 1 aliphatic rings. The zero-order valence-corrected chi connectivity index (χ0v) is 17.5. The highest BCUT2D eigenvalue weighted by molar-refractivity contribution is 5.87. The van der Waals surface area contributed by atoms with E-state index in [2.05, 4.69) is 10.6 Å². The molecule has 1 saturated heterocycles. The van der Waals surface area contributed by atoms with Crippen LogP contribution in [0.5, 0.6) is 5.75 Å². The number of ether oxygens (including phenoxy) is 2. The van der Waals surface area contributed by atoms with E-state index < -0.39 is 6.04 Å². The van der Waals surface area contributed by atoms with Gasteiger partial charge in [-0.25, -0.2) is 4.79 Å². The normalized spacial score (nSPS) is 18.1. The van der Waals surface area contributed by atoms with Crippen LogP contribution in [-0.4, -0.2) is 55.8 Å². The second-order valence-corrected chi connectivity index (χ2v) is 7.38. The number of carbonyl (C=O) groups excluding carboxylic acids is 2. The summed E-state index contributed by atoms with van der Waals surface area (Å²) in [5.41, 5.74) is 2.17. The second-order valence-electron chi connectivity index (χ2n) is 7.38. The number of rotatable bonds is 8. The van der Waals surface area contributed by atoms with Crippen molar-refractivity contribution in [2.45, 2.75) is 32.0 Å². The van der Waals surface area contributed by atoms with E-state index in [0.29, 0.717) is 32.7 Å². The van der Waals surface area contributed by atoms with Gasteiger partial charge in [0.2, 0.25) is 5.91 Å². The zero-order valence-electron chi connectivity index (χ0n) is 17.5. The molecule has 7 heteroatoms. The van der Waals surface area contributed by atoms with Gasteiger partial charge in [-0.1, -0.05) is 48.0 Å². The Labute approximate surface area is 177 Å². The van der Waals surface area contributed by atoms with Gasteiger partial charge >= 0.3 is 6.03 Å². The Morgan fingerprint density at radius 1 is 1.07 bits per heavy atom. The summed E-state index contributed by atoms with van der Waals surface area (Å²) in [5.74, 6) is 0.527. The first-order chi connectivity index (χ1) is 14.6. The van der Waals surface area contributed by atoms with Gasteiger partial charge in [0, 0.05) is 26.6 Å². The van der Waals surface area contributed by atoms with Crippen LogP contribution in [0.1, 0.15) is 17.5 Å². The minimum Gasteiger partial charge on any atom is -0.488 e. The average Bonchev–Trinajstić information content (AvgIpc) is 3.18. The lowest BCUT2D eigenvalue weighted by Crippen LogP contribution is -2.49. The minimum atomic E-state index is -0.589. The summed E-state index contributed by atoms with van der Waals surface area (Å²) in [5, 5.41) is 5.76. The van der Waals surface area contributed by atoms with Crippen LogP contribution in [0.4, 0.5) is 4.79 Å². The third-order valence-corrected chi connectivity index (χ3v) is 5.04. The summed E-state index contributed by atoms with van der Waals surface area (Å²) in [6.45, 7) is 3.58. The molecule has 1 fully saturated rings. The summed E-state index contributed by atoms with van der Waals surface area (Å²) in [6, 6.07) is 16.6. The third kappa shape index (κ3) is 5.97. The number of aryl methyl sites for hydroxylation is 1. The maximum Gasteiger partial charge on any atom is 0.318 e. The van der Waals surface area contributed by atoms with E-state index in [0.717, 1.165) is 11.3 Å². The van der Waals surface area contributed by atoms with Crippen LogP contribution in [0.15, 0.2) is 54.6 Å². The molecule has 3 amide bonds. The lowest BCUT2D eigenvalue weighted by molar-refractivity contribution is -0.124. The fraction of sp³-hybridized carbons (Fsp3) is 0.391. The van der Waals surface area contributed by atoms with E-state index in [1.807, 2.05) is 61.5 Å². The van der Waals surface area contributed by atoms with Gasteiger partial charge in [-0.15, -0.1) is 0 Å². The van der Waals surface area contributed by atoms with E-state index >= 15 is 0 Å². The first-order valence-electron chi connectivity index (χ1n) is 10.1. The summed E-state index contributed by atoms with van der Waals surface area (Å²) in [4.78, 5) is 27.1. The Balaban J connectivity index is 1.64. The first-order valence-corrected chi connectivity index (χ1v) is 10.1. The van der Waals surface area contributed by atoms with Crippen molar-refractivity contribution in [3.63, 3.8) is 0 Å². The molecule has 0 saturated carbocycles. The van der Waals surface area contributed by atoms with Crippen molar-refractivity contribution < 1.29 is 19.1 Å². The summed E-state index contributed by atoms with van der Waals surface area (Å²) in [7, 11) is 1.58. The highest BCUT2D eigenvalue weighted by Gasteiger charge is 2.40. The number of likely N-dealkylation sites (tertiary alicyclic amines) is 1. The monoisotopic (exact) mass is 411 g/mol. The molecule has 7 nitrogen and oxygen atoms in total. The molecule has 3 rings (SSSR count). The van der Waals surface area contributed by atoms with Crippen molar-refractivity contribution >= 4 is 11.9 Å². The maximum atomic E-state index is 12.9. The SMILES string of the molecule is COCCNC(=O)[C@@H]1C[C@H](Oc2ccccc2)CN1C(=O)NCc1ccc(C)cc1. The molecular weight excluding hydrogens is 382 g/mol. The van der Waals surface area contributed by atoms with Gasteiger partial charge in [0.15, 0.2) is 0 Å². The molecule has 2 atom stereocenters. The van der Waals surface area contributed by atoms with Gasteiger partial charge in [-0.05, 0) is 24.6 Å². The third-order valence-electron chi connectivity index (χ3n) is 5.04. The number of methoxy groups -OCH3 is 1. The van der Waals surface area contributed by atoms with Crippen LogP contribution in [0, 0.1) is 6.92 Å². The molecule has 2 aromatic carbocycles.